The Bertz CT molecular complexity index is 340. The molecule has 0 saturated carbocycles. The van der Waals surface area contributed by atoms with Gasteiger partial charge in [0.05, 0.1) is 6.04 Å². The molecule has 0 spiro atoms. The first-order valence-corrected chi connectivity index (χ1v) is 6.53. The zero-order chi connectivity index (χ0) is 12.3. The average Bonchev–Trinajstić information content (AvgIpc) is 2.76. The zero-order valence-corrected chi connectivity index (χ0v) is 11.1. The topological polar surface area (TPSA) is 46.0 Å². The van der Waals surface area contributed by atoms with Gasteiger partial charge in [-0.1, -0.05) is 6.92 Å². The summed E-state index contributed by atoms with van der Waals surface area (Å²) in [6.45, 7) is 7.98. The molecule has 0 bridgehead atoms. The number of likely N-dealkylation sites (tertiary alicyclic amines) is 1. The molecule has 1 atom stereocenters. The summed E-state index contributed by atoms with van der Waals surface area (Å²) >= 11 is 0. The summed E-state index contributed by atoms with van der Waals surface area (Å²) < 4.78 is 1.98. The summed E-state index contributed by atoms with van der Waals surface area (Å²) in [5, 5.41) is 11.7. The number of nitrogens with one attached hydrogen (secondary N) is 1. The molecule has 1 N–H and O–H groups in total. The molecule has 5 nitrogen and oxygen atoms in total. The zero-order valence-electron chi connectivity index (χ0n) is 11.1. The van der Waals surface area contributed by atoms with Gasteiger partial charge in [-0.15, -0.1) is 10.2 Å². The van der Waals surface area contributed by atoms with Crippen LogP contribution in [0, 0.1) is 0 Å². The third-order valence-corrected chi connectivity index (χ3v) is 3.65. The number of aryl methyl sites for hydroxylation is 1. The van der Waals surface area contributed by atoms with Crippen LogP contribution < -0.4 is 5.32 Å². The van der Waals surface area contributed by atoms with Crippen LogP contribution in [0.15, 0.2) is 6.33 Å². The Kier molecular flexibility index (Phi) is 4.12. The van der Waals surface area contributed by atoms with Gasteiger partial charge in [-0.25, -0.2) is 0 Å². The Hall–Kier alpha value is -0.940. The molecule has 0 amide bonds. The van der Waals surface area contributed by atoms with Crippen molar-refractivity contribution < 1.29 is 0 Å². The van der Waals surface area contributed by atoms with Crippen LogP contribution in [0.4, 0.5) is 0 Å². The molecule has 1 aromatic heterocycles. The molecule has 0 aromatic carbocycles. The second kappa shape index (κ2) is 5.60. The molecule has 1 saturated heterocycles. The van der Waals surface area contributed by atoms with Gasteiger partial charge >= 0.3 is 0 Å². The first kappa shape index (κ1) is 12.5. The van der Waals surface area contributed by atoms with Crippen LogP contribution >= 0.6 is 0 Å². The Morgan fingerprint density at radius 3 is 2.71 bits per heavy atom. The van der Waals surface area contributed by atoms with E-state index in [9.17, 15) is 0 Å². The number of hydrogen-bond acceptors (Lipinski definition) is 4. The summed E-state index contributed by atoms with van der Waals surface area (Å²) in [5.74, 6) is 1.02. The number of piperidine rings is 1. The summed E-state index contributed by atoms with van der Waals surface area (Å²) in [7, 11) is 1.99. The van der Waals surface area contributed by atoms with Crippen molar-refractivity contribution in [3.8, 4) is 0 Å². The molecule has 1 aliphatic heterocycles. The van der Waals surface area contributed by atoms with Crippen molar-refractivity contribution in [3.63, 3.8) is 0 Å². The molecule has 1 aliphatic rings. The monoisotopic (exact) mass is 237 g/mol. The fraction of sp³-hybridized carbons (Fsp3) is 0.833. The van der Waals surface area contributed by atoms with Crippen molar-refractivity contribution in [1.82, 2.24) is 25.0 Å². The summed E-state index contributed by atoms with van der Waals surface area (Å²) in [6.07, 6.45) is 4.22. The second-order valence-corrected chi connectivity index (χ2v) is 4.90. The normalized spacial score (nSPS) is 20.6. The van der Waals surface area contributed by atoms with Gasteiger partial charge in [0, 0.05) is 13.1 Å². The molecule has 5 heteroatoms. The second-order valence-electron chi connectivity index (χ2n) is 4.90. The third-order valence-electron chi connectivity index (χ3n) is 3.65. The van der Waals surface area contributed by atoms with E-state index in [-0.39, 0.29) is 6.04 Å². The van der Waals surface area contributed by atoms with Gasteiger partial charge in [0.25, 0.3) is 0 Å². The SMILES string of the molecule is CCN1CCC(NC(C)c2nncn2C)CC1. The van der Waals surface area contributed by atoms with Gasteiger partial charge < -0.3 is 14.8 Å². The predicted octanol–water partition coefficient (Wildman–Crippen LogP) is 0.950. The minimum Gasteiger partial charge on any atom is -0.319 e. The molecular weight excluding hydrogens is 214 g/mol. The van der Waals surface area contributed by atoms with E-state index in [2.05, 4.69) is 34.3 Å². The van der Waals surface area contributed by atoms with Crippen LogP contribution in [0.5, 0.6) is 0 Å². The van der Waals surface area contributed by atoms with E-state index < -0.39 is 0 Å². The van der Waals surface area contributed by atoms with Crippen LogP contribution in [0.1, 0.15) is 38.6 Å². The van der Waals surface area contributed by atoms with E-state index in [0.29, 0.717) is 6.04 Å². The van der Waals surface area contributed by atoms with E-state index >= 15 is 0 Å². The first-order valence-electron chi connectivity index (χ1n) is 6.53. The molecule has 1 fully saturated rings. The maximum absolute atomic E-state index is 4.15. The molecule has 0 radical (unpaired) electrons. The minimum absolute atomic E-state index is 0.278. The van der Waals surface area contributed by atoms with Gasteiger partial charge in [0.1, 0.15) is 12.2 Å². The fourth-order valence-corrected chi connectivity index (χ4v) is 2.53. The molecule has 1 unspecified atom stereocenters. The lowest BCUT2D eigenvalue weighted by Gasteiger charge is -2.33. The van der Waals surface area contributed by atoms with Crippen molar-refractivity contribution in [1.29, 1.82) is 0 Å². The highest BCUT2D eigenvalue weighted by atomic mass is 15.3. The lowest BCUT2D eigenvalue weighted by atomic mass is 10.0. The van der Waals surface area contributed by atoms with E-state index in [0.717, 1.165) is 5.82 Å². The summed E-state index contributed by atoms with van der Waals surface area (Å²) in [4.78, 5) is 2.51. The minimum atomic E-state index is 0.278. The van der Waals surface area contributed by atoms with Crippen LogP contribution in [0.2, 0.25) is 0 Å². The van der Waals surface area contributed by atoms with Gasteiger partial charge in [-0.05, 0) is 39.4 Å². The van der Waals surface area contributed by atoms with Crippen molar-refractivity contribution in [2.75, 3.05) is 19.6 Å². The molecular formula is C12H23N5. The molecule has 17 heavy (non-hydrogen) atoms. The van der Waals surface area contributed by atoms with Crippen molar-refractivity contribution >= 4 is 0 Å². The largest absolute Gasteiger partial charge is 0.319 e. The maximum Gasteiger partial charge on any atom is 0.149 e. The number of rotatable bonds is 4. The van der Waals surface area contributed by atoms with Gasteiger partial charge in [0.15, 0.2) is 0 Å². The van der Waals surface area contributed by atoms with E-state index in [1.54, 1.807) is 6.33 Å². The fourth-order valence-electron chi connectivity index (χ4n) is 2.53. The van der Waals surface area contributed by atoms with Crippen LogP contribution in [-0.4, -0.2) is 45.3 Å². The molecule has 96 valence electrons. The van der Waals surface area contributed by atoms with Gasteiger partial charge in [-0.2, -0.15) is 0 Å². The molecule has 2 heterocycles. The number of hydrogen-bond donors (Lipinski definition) is 1. The van der Waals surface area contributed by atoms with E-state index in [1.165, 1.54) is 32.5 Å². The highest BCUT2D eigenvalue weighted by molar-refractivity contribution is 4.94. The number of aromatic nitrogens is 3. The summed E-state index contributed by atoms with van der Waals surface area (Å²) in [5.41, 5.74) is 0. The van der Waals surface area contributed by atoms with E-state index in [4.69, 9.17) is 0 Å². The van der Waals surface area contributed by atoms with Crippen molar-refractivity contribution in [3.05, 3.63) is 12.2 Å². The smallest absolute Gasteiger partial charge is 0.149 e. The van der Waals surface area contributed by atoms with E-state index in [1.807, 2.05) is 11.6 Å². The lowest BCUT2D eigenvalue weighted by Crippen LogP contribution is -2.43. The van der Waals surface area contributed by atoms with Crippen LogP contribution in [0.3, 0.4) is 0 Å². The Labute approximate surface area is 103 Å². The molecule has 0 aliphatic carbocycles. The molecule has 1 aromatic rings. The average molecular weight is 237 g/mol. The van der Waals surface area contributed by atoms with Crippen molar-refractivity contribution in [2.45, 2.75) is 38.8 Å². The highest BCUT2D eigenvalue weighted by Gasteiger charge is 2.21. The predicted molar refractivity (Wildman–Crippen MR) is 67.7 cm³/mol. The van der Waals surface area contributed by atoms with Crippen LogP contribution in [-0.2, 0) is 7.05 Å². The van der Waals surface area contributed by atoms with Crippen molar-refractivity contribution in [2.24, 2.45) is 7.05 Å². The first-order chi connectivity index (χ1) is 8.20. The quantitative estimate of drug-likeness (QED) is 0.847. The third kappa shape index (κ3) is 3.04. The standard InChI is InChI=1S/C12H23N5/c1-4-17-7-5-11(6-8-17)14-10(2)12-15-13-9-16(12)3/h9-11,14H,4-8H2,1-3H3. The molecule has 2 rings (SSSR count). The summed E-state index contributed by atoms with van der Waals surface area (Å²) in [6, 6.07) is 0.894. The Morgan fingerprint density at radius 2 is 2.18 bits per heavy atom. The van der Waals surface area contributed by atoms with Gasteiger partial charge in [0.2, 0.25) is 0 Å². The van der Waals surface area contributed by atoms with Crippen LogP contribution in [0.25, 0.3) is 0 Å². The Morgan fingerprint density at radius 1 is 1.47 bits per heavy atom. The number of nitrogens with zero attached hydrogens (tertiary/aromatic N) is 4. The maximum atomic E-state index is 4.15. The van der Waals surface area contributed by atoms with Gasteiger partial charge in [-0.3, -0.25) is 0 Å². The highest BCUT2D eigenvalue weighted by Crippen LogP contribution is 2.15. The Balaban J connectivity index is 1.84. The lowest BCUT2D eigenvalue weighted by molar-refractivity contribution is 0.199.